The van der Waals surface area contributed by atoms with Crippen LogP contribution in [0.1, 0.15) is 24.0 Å². The smallest absolute Gasteiger partial charge is 0.267 e. The molecule has 122 valence electrons. The molecule has 22 heavy (non-hydrogen) atoms. The molecule has 1 atom stereocenters. The number of benzene rings is 1. The van der Waals surface area contributed by atoms with Crippen molar-refractivity contribution < 1.29 is 23.4 Å². The van der Waals surface area contributed by atoms with Gasteiger partial charge in [0.25, 0.3) is 5.92 Å². The Labute approximate surface area is 128 Å². The van der Waals surface area contributed by atoms with E-state index in [0.717, 1.165) is 16.0 Å². The van der Waals surface area contributed by atoms with Crippen LogP contribution in [0.2, 0.25) is 0 Å². The zero-order valence-electron chi connectivity index (χ0n) is 12.8. The highest BCUT2D eigenvalue weighted by Crippen LogP contribution is 2.32. The van der Waals surface area contributed by atoms with E-state index in [-0.39, 0.29) is 13.0 Å². The fraction of sp³-hybridized carbons (Fsp3) is 0.562. The lowest BCUT2D eigenvalue weighted by molar-refractivity contribution is -0.134. The van der Waals surface area contributed by atoms with Crippen LogP contribution in [-0.2, 0) is 4.79 Å². The summed E-state index contributed by atoms with van der Waals surface area (Å²) in [6.45, 7) is 3.01. The Bertz CT molecular complexity index is 548. The third-order valence-corrected chi connectivity index (χ3v) is 3.97. The van der Waals surface area contributed by atoms with Gasteiger partial charge in [0.15, 0.2) is 0 Å². The number of nitrogens with zero attached hydrogens (tertiary/aromatic N) is 1. The second kappa shape index (κ2) is 6.60. The standard InChI is InChI=1S/C16H21F2NO3/c1-11-3-4-14(7-12(11)2)22-6-5-15(21)19-10-16(17,18)8-13(19)9-20/h3-4,7,13,20H,5-6,8-10H2,1-2H3. The summed E-state index contributed by atoms with van der Waals surface area (Å²) < 4.78 is 32.1. The number of halogens is 2. The van der Waals surface area contributed by atoms with Crippen LogP contribution in [0, 0.1) is 13.8 Å². The summed E-state index contributed by atoms with van der Waals surface area (Å²) in [5.41, 5.74) is 2.23. The normalized spacial score (nSPS) is 20.2. The molecule has 0 spiro atoms. The first kappa shape index (κ1) is 16.7. The molecule has 1 aliphatic heterocycles. The monoisotopic (exact) mass is 313 g/mol. The predicted molar refractivity (Wildman–Crippen MR) is 78.2 cm³/mol. The highest BCUT2D eigenvalue weighted by atomic mass is 19.3. The third kappa shape index (κ3) is 3.94. The molecule has 0 bridgehead atoms. The average molecular weight is 313 g/mol. The lowest BCUT2D eigenvalue weighted by Gasteiger charge is -2.22. The van der Waals surface area contributed by atoms with Gasteiger partial charge in [0.2, 0.25) is 5.91 Å². The maximum atomic E-state index is 13.3. The van der Waals surface area contributed by atoms with Crippen molar-refractivity contribution in [2.24, 2.45) is 0 Å². The van der Waals surface area contributed by atoms with Gasteiger partial charge in [-0.15, -0.1) is 0 Å². The predicted octanol–water partition coefficient (Wildman–Crippen LogP) is 2.30. The van der Waals surface area contributed by atoms with Crippen molar-refractivity contribution in [1.29, 1.82) is 0 Å². The van der Waals surface area contributed by atoms with Gasteiger partial charge in [-0.2, -0.15) is 0 Å². The van der Waals surface area contributed by atoms with E-state index in [1.54, 1.807) is 0 Å². The van der Waals surface area contributed by atoms with Gasteiger partial charge in [0.1, 0.15) is 5.75 Å². The van der Waals surface area contributed by atoms with Gasteiger partial charge < -0.3 is 14.7 Å². The number of hydrogen-bond donors (Lipinski definition) is 1. The Balaban J connectivity index is 1.86. The molecule has 0 aromatic heterocycles. The largest absolute Gasteiger partial charge is 0.493 e. The number of carbonyl (C=O) groups is 1. The topological polar surface area (TPSA) is 49.8 Å². The van der Waals surface area contributed by atoms with Crippen molar-refractivity contribution in [2.45, 2.75) is 38.7 Å². The Morgan fingerprint density at radius 2 is 2.14 bits per heavy atom. The Morgan fingerprint density at radius 1 is 1.41 bits per heavy atom. The van der Waals surface area contributed by atoms with E-state index in [1.165, 1.54) is 0 Å². The van der Waals surface area contributed by atoms with E-state index in [0.29, 0.717) is 5.75 Å². The van der Waals surface area contributed by atoms with Crippen LogP contribution < -0.4 is 4.74 Å². The maximum Gasteiger partial charge on any atom is 0.267 e. The second-order valence-electron chi connectivity index (χ2n) is 5.76. The minimum atomic E-state index is -2.92. The van der Waals surface area contributed by atoms with Gasteiger partial charge in [0, 0.05) is 6.42 Å². The molecular weight excluding hydrogens is 292 g/mol. The van der Waals surface area contributed by atoms with Crippen molar-refractivity contribution in [2.75, 3.05) is 19.8 Å². The van der Waals surface area contributed by atoms with Crippen LogP contribution in [0.25, 0.3) is 0 Å². The van der Waals surface area contributed by atoms with Crippen LogP contribution in [0.3, 0.4) is 0 Å². The van der Waals surface area contributed by atoms with Gasteiger partial charge in [-0.1, -0.05) is 6.07 Å². The van der Waals surface area contributed by atoms with E-state index >= 15 is 0 Å². The molecule has 1 aromatic carbocycles. The molecule has 1 saturated heterocycles. The molecule has 2 rings (SSSR count). The summed E-state index contributed by atoms with van der Waals surface area (Å²) in [5.74, 6) is -2.68. The molecule has 0 aliphatic carbocycles. The minimum absolute atomic E-state index is 0.0134. The summed E-state index contributed by atoms with van der Waals surface area (Å²) >= 11 is 0. The van der Waals surface area contributed by atoms with Crippen molar-refractivity contribution >= 4 is 5.91 Å². The number of hydrogen-bond acceptors (Lipinski definition) is 3. The molecule has 1 unspecified atom stereocenters. The molecule has 1 N–H and O–H groups in total. The molecule has 6 heteroatoms. The summed E-state index contributed by atoms with van der Waals surface area (Å²) in [4.78, 5) is 13.1. The van der Waals surface area contributed by atoms with Crippen LogP contribution in [0.4, 0.5) is 8.78 Å². The van der Waals surface area contributed by atoms with E-state index < -0.39 is 37.4 Å². The van der Waals surface area contributed by atoms with Crippen LogP contribution in [0.5, 0.6) is 5.75 Å². The number of rotatable bonds is 5. The molecule has 0 saturated carbocycles. The summed E-state index contributed by atoms with van der Waals surface area (Å²) in [7, 11) is 0. The summed E-state index contributed by atoms with van der Waals surface area (Å²) in [5, 5.41) is 9.12. The van der Waals surface area contributed by atoms with Gasteiger partial charge in [-0.05, 0) is 37.1 Å². The van der Waals surface area contributed by atoms with Gasteiger partial charge >= 0.3 is 0 Å². The Morgan fingerprint density at radius 3 is 2.77 bits per heavy atom. The van der Waals surface area contributed by atoms with Gasteiger partial charge in [-0.25, -0.2) is 8.78 Å². The number of aliphatic hydroxyl groups is 1. The fourth-order valence-electron chi connectivity index (χ4n) is 2.56. The molecule has 0 radical (unpaired) electrons. The summed E-state index contributed by atoms with van der Waals surface area (Å²) in [6, 6.07) is 4.81. The van der Waals surface area contributed by atoms with Crippen molar-refractivity contribution in [3.8, 4) is 5.75 Å². The molecule has 4 nitrogen and oxygen atoms in total. The zero-order chi connectivity index (χ0) is 16.3. The molecular formula is C16H21F2NO3. The fourth-order valence-corrected chi connectivity index (χ4v) is 2.56. The number of carbonyl (C=O) groups excluding carboxylic acids is 1. The number of aliphatic hydroxyl groups excluding tert-OH is 1. The number of likely N-dealkylation sites (tertiary alicyclic amines) is 1. The number of alkyl halides is 2. The van der Waals surface area contributed by atoms with Crippen molar-refractivity contribution in [3.63, 3.8) is 0 Å². The quantitative estimate of drug-likeness (QED) is 0.907. The highest BCUT2D eigenvalue weighted by Gasteiger charge is 2.46. The summed E-state index contributed by atoms with van der Waals surface area (Å²) in [6.07, 6.45) is -0.466. The first-order valence-electron chi connectivity index (χ1n) is 7.30. The number of ether oxygens (including phenoxy) is 1. The lowest BCUT2D eigenvalue weighted by Crippen LogP contribution is -2.38. The molecule has 1 heterocycles. The SMILES string of the molecule is Cc1ccc(OCCC(=O)N2CC(F)(F)CC2CO)cc1C. The third-order valence-electron chi connectivity index (χ3n) is 3.97. The number of aryl methyl sites for hydroxylation is 2. The molecule has 1 aromatic rings. The lowest BCUT2D eigenvalue weighted by atomic mass is 10.1. The maximum absolute atomic E-state index is 13.3. The second-order valence-corrected chi connectivity index (χ2v) is 5.76. The number of amides is 1. The molecule has 1 fully saturated rings. The van der Waals surface area contributed by atoms with Gasteiger partial charge in [0.05, 0.1) is 32.2 Å². The Kier molecular flexibility index (Phi) is 5.01. The zero-order valence-corrected chi connectivity index (χ0v) is 12.8. The van der Waals surface area contributed by atoms with E-state index in [2.05, 4.69) is 0 Å². The molecule has 1 aliphatic rings. The Hall–Kier alpha value is -1.69. The van der Waals surface area contributed by atoms with E-state index in [9.17, 15) is 13.6 Å². The van der Waals surface area contributed by atoms with Crippen molar-refractivity contribution in [1.82, 2.24) is 4.90 Å². The van der Waals surface area contributed by atoms with E-state index in [4.69, 9.17) is 9.84 Å². The first-order chi connectivity index (χ1) is 10.3. The van der Waals surface area contributed by atoms with E-state index in [1.807, 2.05) is 32.0 Å². The van der Waals surface area contributed by atoms with Crippen LogP contribution in [-0.4, -0.2) is 47.6 Å². The van der Waals surface area contributed by atoms with Crippen LogP contribution >= 0.6 is 0 Å². The van der Waals surface area contributed by atoms with Crippen LogP contribution in [0.15, 0.2) is 18.2 Å². The van der Waals surface area contributed by atoms with Gasteiger partial charge in [-0.3, -0.25) is 4.79 Å². The molecule has 1 amide bonds. The minimum Gasteiger partial charge on any atom is -0.493 e. The van der Waals surface area contributed by atoms with Crippen molar-refractivity contribution in [3.05, 3.63) is 29.3 Å². The first-order valence-corrected chi connectivity index (χ1v) is 7.30. The average Bonchev–Trinajstić information content (AvgIpc) is 2.78. The highest BCUT2D eigenvalue weighted by molar-refractivity contribution is 5.77.